The Bertz CT molecular complexity index is 912. The fraction of sp³-hybridized carbons (Fsp3) is 0.316. The van der Waals surface area contributed by atoms with Gasteiger partial charge in [-0.1, -0.05) is 0 Å². The number of rotatable bonds is 3. The summed E-state index contributed by atoms with van der Waals surface area (Å²) in [5, 5.41) is 12.9. The monoisotopic (exact) mass is 384 g/mol. The number of amides is 2. The molecule has 0 radical (unpaired) electrons. The van der Waals surface area contributed by atoms with Gasteiger partial charge in [-0.2, -0.15) is 5.26 Å². The maximum Gasteiger partial charge on any atom is 0.409 e. The molecule has 1 aromatic carbocycles. The molecule has 0 unspecified atom stereocenters. The van der Waals surface area contributed by atoms with Crippen molar-refractivity contribution in [3.8, 4) is 6.07 Å². The first kappa shape index (κ1) is 18.7. The van der Waals surface area contributed by atoms with Gasteiger partial charge in [-0.05, 0) is 36.2 Å². The van der Waals surface area contributed by atoms with Crippen LogP contribution in [-0.2, 0) is 17.7 Å². The van der Waals surface area contributed by atoms with Crippen LogP contribution >= 0.6 is 11.3 Å². The molecule has 1 aliphatic heterocycles. The van der Waals surface area contributed by atoms with E-state index in [2.05, 4.69) is 11.4 Å². The lowest BCUT2D eigenvalue weighted by Crippen LogP contribution is -2.35. The van der Waals surface area contributed by atoms with Crippen molar-refractivity contribution in [3.05, 3.63) is 45.8 Å². The Kier molecular flexibility index (Phi) is 5.33. The highest BCUT2D eigenvalue weighted by Gasteiger charge is 2.28. The molecule has 0 atom stereocenters. The van der Waals surface area contributed by atoms with Crippen molar-refractivity contribution in [2.45, 2.75) is 13.0 Å². The molecular formula is C19H20N4O3S. The van der Waals surface area contributed by atoms with E-state index in [4.69, 9.17) is 4.74 Å². The zero-order valence-corrected chi connectivity index (χ0v) is 16.2. The van der Waals surface area contributed by atoms with Crippen LogP contribution in [0.25, 0.3) is 0 Å². The second-order valence-corrected chi connectivity index (χ2v) is 7.46. The molecule has 140 valence electrons. The smallest absolute Gasteiger partial charge is 0.409 e. The molecule has 27 heavy (non-hydrogen) atoms. The molecule has 0 aliphatic carbocycles. The number of carbonyl (C=O) groups is 2. The maximum absolute atomic E-state index is 12.6. The first-order valence-electron chi connectivity index (χ1n) is 8.41. The summed E-state index contributed by atoms with van der Waals surface area (Å²) in [5.74, 6) is -0.264. The molecule has 0 saturated carbocycles. The molecule has 3 rings (SSSR count). The number of thiophene rings is 1. The minimum absolute atomic E-state index is 0.264. The lowest BCUT2D eigenvalue weighted by molar-refractivity contribution is 0.102. The molecule has 0 spiro atoms. The molecule has 2 amide bonds. The van der Waals surface area contributed by atoms with Gasteiger partial charge in [-0.25, -0.2) is 4.79 Å². The summed E-state index contributed by atoms with van der Waals surface area (Å²) in [5.41, 5.74) is 2.91. The maximum atomic E-state index is 12.6. The second kappa shape index (κ2) is 7.68. The van der Waals surface area contributed by atoms with Gasteiger partial charge in [0.05, 0.1) is 19.2 Å². The number of nitrogens with zero attached hydrogens (tertiary/aromatic N) is 3. The van der Waals surface area contributed by atoms with Crippen molar-refractivity contribution < 1.29 is 14.3 Å². The van der Waals surface area contributed by atoms with E-state index in [0.717, 1.165) is 16.1 Å². The van der Waals surface area contributed by atoms with Gasteiger partial charge in [0, 0.05) is 36.8 Å². The summed E-state index contributed by atoms with van der Waals surface area (Å²) in [6, 6.07) is 9.44. The van der Waals surface area contributed by atoms with Gasteiger partial charge < -0.3 is 19.9 Å². The van der Waals surface area contributed by atoms with Crippen molar-refractivity contribution in [2.24, 2.45) is 0 Å². The van der Waals surface area contributed by atoms with Crippen LogP contribution in [0.4, 0.5) is 15.5 Å². The topological polar surface area (TPSA) is 85.7 Å². The average molecular weight is 384 g/mol. The molecular weight excluding hydrogens is 364 g/mol. The minimum atomic E-state index is -0.390. The van der Waals surface area contributed by atoms with Crippen molar-refractivity contribution in [1.29, 1.82) is 5.26 Å². The first-order valence-corrected chi connectivity index (χ1v) is 9.22. The standard InChI is InChI=1S/C19H20N4O3S/c1-22(2)13-6-4-12(5-7-13)17(24)21-18-15(10-20)14-8-9-23(19(25)26-3)11-16(14)27-18/h4-7H,8-9,11H2,1-3H3,(H,21,24). The SMILES string of the molecule is COC(=O)N1CCc2c(sc(NC(=O)c3ccc(N(C)C)cc3)c2C#N)C1. The molecule has 0 saturated heterocycles. The number of ether oxygens (including phenoxy) is 1. The Hall–Kier alpha value is -3.05. The van der Waals surface area contributed by atoms with Gasteiger partial charge in [0.25, 0.3) is 5.91 Å². The molecule has 7 nitrogen and oxygen atoms in total. The molecule has 8 heteroatoms. The van der Waals surface area contributed by atoms with Gasteiger partial charge in [0.1, 0.15) is 11.1 Å². The average Bonchev–Trinajstić information content (AvgIpc) is 3.03. The van der Waals surface area contributed by atoms with Crippen LogP contribution in [0.5, 0.6) is 0 Å². The number of hydrogen-bond acceptors (Lipinski definition) is 6. The lowest BCUT2D eigenvalue weighted by atomic mass is 10.0. The number of anilines is 2. The Morgan fingerprint density at radius 1 is 1.30 bits per heavy atom. The summed E-state index contributed by atoms with van der Waals surface area (Å²) in [6.07, 6.45) is 0.177. The van der Waals surface area contributed by atoms with Crippen LogP contribution in [0.2, 0.25) is 0 Å². The summed E-state index contributed by atoms with van der Waals surface area (Å²) < 4.78 is 4.77. The zero-order valence-electron chi connectivity index (χ0n) is 15.4. The Morgan fingerprint density at radius 3 is 2.59 bits per heavy atom. The third-order valence-corrected chi connectivity index (χ3v) is 5.61. The number of benzene rings is 1. The van der Waals surface area contributed by atoms with Gasteiger partial charge in [0.2, 0.25) is 0 Å². The van der Waals surface area contributed by atoms with Crippen LogP contribution in [0.3, 0.4) is 0 Å². The van der Waals surface area contributed by atoms with E-state index in [-0.39, 0.29) is 12.0 Å². The van der Waals surface area contributed by atoms with Gasteiger partial charge in [-0.3, -0.25) is 4.79 Å². The number of nitriles is 1. The fourth-order valence-electron chi connectivity index (χ4n) is 2.98. The molecule has 2 aromatic rings. The summed E-state index contributed by atoms with van der Waals surface area (Å²) in [4.78, 5) is 28.8. The zero-order chi connectivity index (χ0) is 19.6. The van der Waals surface area contributed by atoms with Gasteiger partial charge in [-0.15, -0.1) is 11.3 Å². The number of carbonyl (C=O) groups excluding carboxylic acids is 2. The van der Waals surface area contributed by atoms with Crippen molar-refractivity contribution in [1.82, 2.24) is 4.90 Å². The van der Waals surface area contributed by atoms with Gasteiger partial charge in [0.15, 0.2) is 0 Å². The Labute approximate surface area is 161 Å². The number of methoxy groups -OCH3 is 1. The minimum Gasteiger partial charge on any atom is -0.453 e. The predicted molar refractivity (Wildman–Crippen MR) is 104 cm³/mol. The van der Waals surface area contributed by atoms with E-state index in [0.29, 0.717) is 35.6 Å². The van der Waals surface area contributed by atoms with Crippen molar-refractivity contribution in [3.63, 3.8) is 0 Å². The molecule has 1 aliphatic rings. The summed E-state index contributed by atoms with van der Waals surface area (Å²) >= 11 is 1.34. The molecule has 0 bridgehead atoms. The number of fused-ring (bicyclic) bond motifs is 1. The van der Waals surface area contributed by atoms with Crippen molar-refractivity contribution in [2.75, 3.05) is 38.0 Å². The van der Waals surface area contributed by atoms with Crippen LogP contribution in [-0.4, -0.2) is 44.7 Å². The number of nitrogens with one attached hydrogen (secondary N) is 1. The largest absolute Gasteiger partial charge is 0.453 e. The van der Waals surface area contributed by atoms with Gasteiger partial charge >= 0.3 is 6.09 Å². The first-order chi connectivity index (χ1) is 12.9. The van der Waals surface area contributed by atoms with E-state index in [1.54, 1.807) is 17.0 Å². The fourth-order valence-corrected chi connectivity index (χ4v) is 4.19. The number of hydrogen-bond donors (Lipinski definition) is 1. The summed E-state index contributed by atoms with van der Waals surface area (Å²) in [6.45, 7) is 0.874. The normalized spacial score (nSPS) is 12.7. The predicted octanol–water partition coefficient (Wildman–Crippen LogP) is 3.06. The molecule has 0 fully saturated rings. The van der Waals surface area contributed by atoms with Crippen LogP contribution in [0.1, 0.15) is 26.4 Å². The Morgan fingerprint density at radius 2 is 2.00 bits per heavy atom. The quantitative estimate of drug-likeness (QED) is 0.879. The third-order valence-electron chi connectivity index (χ3n) is 4.47. The van der Waals surface area contributed by atoms with Crippen LogP contribution in [0.15, 0.2) is 24.3 Å². The highest BCUT2D eigenvalue weighted by molar-refractivity contribution is 7.16. The van der Waals surface area contributed by atoms with E-state index >= 15 is 0 Å². The van der Waals surface area contributed by atoms with Crippen molar-refractivity contribution >= 4 is 34.0 Å². The second-order valence-electron chi connectivity index (χ2n) is 6.36. The van der Waals surface area contributed by atoms with Crippen LogP contribution in [0, 0.1) is 11.3 Å². The highest BCUT2D eigenvalue weighted by atomic mass is 32.1. The highest BCUT2D eigenvalue weighted by Crippen LogP contribution is 2.37. The lowest BCUT2D eigenvalue weighted by Gasteiger charge is -2.25. The van der Waals surface area contributed by atoms with Crippen LogP contribution < -0.4 is 10.2 Å². The van der Waals surface area contributed by atoms with E-state index < -0.39 is 0 Å². The van der Waals surface area contributed by atoms with E-state index in [1.165, 1.54) is 18.4 Å². The van der Waals surface area contributed by atoms with E-state index in [9.17, 15) is 14.9 Å². The molecule has 1 N–H and O–H groups in total. The molecule has 2 heterocycles. The molecule has 1 aromatic heterocycles. The Balaban J connectivity index is 1.81. The third kappa shape index (κ3) is 3.73. The van der Waals surface area contributed by atoms with E-state index in [1.807, 2.05) is 31.1 Å². The summed E-state index contributed by atoms with van der Waals surface area (Å²) in [7, 11) is 5.21.